The molecule has 7 aliphatic heterocycles. The van der Waals surface area contributed by atoms with Gasteiger partial charge in [-0.2, -0.15) is 0 Å². The van der Waals surface area contributed by atoms with E-state index in [9.17, 15) is 166 Å². The molecular formula is C95H174N8O47. The standard InChI is InChI=1S/C95H165N5O47.3H3N/c1-7-9-11-13-15-17-19-21-22-24-26-28-30-32-34-36-64(118)100-52(53(112)35-33-31-29-27-25-23-20-18-16-14-12-10-8-2)47-134-87-75(125)74(124)78(62(45-106)137-87)139-89-77(127)85(147-95(92(132)133)39-56(115)67(98-50(5)110)83(145-95)73(123)61(44-105)142-93(90(128)129)37-54(113)65(96-48(3)108)81(143-93)69(119)57(116)40-101)79(63(46-107)138-89)140-86-68(99-51(6)111)80(71(121)59(42-103)135-86)141-88-76(126)84(72(122)60(43-104)136-88)146-94(91(130)131)38-55(114)66(97-49(4)109)82(144-94)70(120)58(117)41-102;;;/h33,35,52-63,65-89,101-107,112-117,119-127H,7-32,34,36-47H2,1-6H3,(H,96,108)(H,97,109)(H,98,110)(H,99,111)(H,100,118)(H,128,129)(H,130,131)(H,132,133);3*1H3/b35-33+;;;. The molecule has 7 aliphatic rings. The Hall–Kier alpha value is -6.06. The van der Waals surface area contributed by atoms with Crippen LogP contribution in [0.4, 0.5) is 0 Å². The van der Waals surface area contributed by atoms with Gasteiger partial charge in [-0.05, 0) is 19.3 Å². The number of aliphatic hydroxyl groups excluding tert-OH is 22. The average Bonchev–Trinajstić information content (AvgIpc) is 0.742. The Morgan fingerprint density at radius 3 is 1.12 bits per heavy atom. The van der Waals surface area contributed by atoms with Crippen LogP contribution in [0.2, 0.25) is 0 Å². The number of carbonyl (C=O) groups is 8. The first kappa shape index (κ1) is 136. The van der Waals surface area contributed by atoms with Gasteiger partial charge < -0.3 is 253 Å². The number of hydrogen-bond acceptors (Lipinski definition) is 47. The molecule has 39 N–H and O–H groups in total. The second kappa shape index (κ2) is 67.2. The number of amides is 5. The second-order valence-electron chi connectivity index (χ2n) is 39.2. The molecule has 0 aromatic heterocycles. The predicted molar refractivity (Wildman–Crippen MR) is 511 cm³/mol. The normalized spacial score (nSPS) is 34.8. The molecule has 40 atom stereocenters. The van der Waals surface area contributed by atoms with Crippen LogP contribution in [0.5, 0.6) is 0 Å². The highest BCUT2D eigenvalue weighted by Gasteiger charge is 2.64. The number of aliphatic hydroxyl groups is 22. The Morgan fingerprint density at radius 2 is 0.713 bits per heavy atom. The number of aliphatic carboxylic acids is 3. The summed E-state index contributed by atoms with van der Waals surface area (Å²) in [5.41, 5.74) is 0. The van der Waals surface area contributed by atoms with Crippen LogP contribution in [0, 0.1) is 0 Å². The molecule has 0 radical (unpaired) electrons. The number of allylic oxidation sites excluding steroid dienone is 1. The van der Waals surface area contributed by atoms with Crippen molar-refractivity contribution >= 4 is 47.4 Å². The van der Waals surface area contributed by atoms with E-state index >= 15 is 0 Å². The third kappa shape index (κ3) is 38.1. The molecule has 5 amide bonds. The topological polar surface area (TPSA) is 950 Å². The van der Waals surface area contributed by atoms with Crippen molar-refractivity contribution in [3.63, 3.8) is 0 Å². The van der Waals surface area contributed by atoms with E-state index in [0.29, 0.717) is 12.8 Å². The number of ether oxygens (including phenoxy) is 14. The Bertz CT molecular complexity index is 3930. The van der Waals surface area contributed by atoms with E-state index in [1.807, 2.05) is 0 Å². The molecule has 7 rings (SSSR count). The highest BCUT2D eigenvalue weighted by atomic mass is 16.8. The van der Waals surface area contributed by atoms with E-state index in [4.69, 9.17) is 66.3 Å². The predicted octanol–water partition coefficient (Wildman–Crippen LogP) is -9.57. The third-order valence-corrected chi connectivity index (χ3v) is 27.5. The zero-order valence-corrected chi connectivity index (χ0v) is 87.1. The minimum atomic E-state index is -3.94. The number of unbranched alkanes of at least 4 members (excludes halogenated alkanes) is 25. The van der Waals surface area contributed by atoms with Gasteiger partial charge in [0.25, 0.3) is 0 Å². The van der Waals surface area contributed by atoms with Crippen molar-refractivity contribution in [2.75, 3.05) is 52.9 Å². The lowest BCUT2D eigenvalue weighted by molar-refractivity contribution is -0.424. The van der Waals surface area contributed by atoms with Crippen molar-refractivity contribution in [1.29, 1.82) is 0 Å². The van der Waals surface area contributed by atoms with Crippen LogP contribution in [-0.2, 0) is 105 Å². The van der Waals surface area contributed by atoms with Crippen LogP contribution >= 0.6 is 0 Å². The zero-order valence-electron chi connectivity index (χ0n) is 87.1. The van der Waals surface area contributed by atoms with E-state index in [0.717, 1.165) is 111 Å². The quantitative estimate of drug-likeness (QED) is 0.0199. The van der Waals surface area contributed by atoms with Crippen molar-refractivity contribution in [1.82, 2.24) is 45.0 Å². The van der Waals surface area contributed by atoms with Gasteiger partial charge in [0, 0.05) is 53.4 Å². The third-order valence-electron chi connectivity index (χ3n) is 27.5. The molecule has 0 aromatic rings. The Labute approximate surface area is 870 Å². The van der Waals surface area contributed by atoms with Gasteiger partial charge in [0.2, 0.25) is 46.9 Å². The van der Waals surface area contributed by atoms with E-state index in [1.165, 1.54) is 83.1 Å². The van der Waals surface area contributed by atoms with Gasteiger partial charge >= 0.3 is 0 Å². The van der Waals surface area contributed by atoms with E-state index in [-0.39, 0.29) is 24.9 Å². The summed E-state index contributed by atoms with van der Waals surface area (Å²) in [5.74, 6) is -23.4. The minimum absolute atomic E-state index is 0. The van der Waals surface area contributed by atoms with Gasteiger partial charge in [-0.1, -0.05) is 180 Å². The molecule has 7 heterocycles. The molecule has 0 aliphatic carbocycles. The molecule has 7 saturated heterocycles. The summed E-state index contributed by atoms with van der Waals surface area (Å²) in [5, 5.41) is 306. The number of rotatable bonds is 66. The van der Waals surface area contributed by atoms with Crippen molar-refractivity contribution in [3.8, 4) is 0 Å². The summed E-state index contributed by atoms with van der Waals surface area (Å²) >= 11 is 0. The number of hydrogen-bond donors (Lipinski definition) is 30. The Kier molecular flexibility index (Phi) is 61.1. The van der Waals surface area contributed by atoms with Gasteiger partial charge in [-0.15, -0.1) is 0 Å². The van der Waals surface area contributed by atoms with Gasteiger partial charge in [-0.25, -0.2) is 0 Å². The smallest absolute Gasteiger partial charge is 0.220 e. The molecule has 0 bridgehead atoms. The van der Waals surface area contributed by atoms with E-state index in [2.05, 4.69) is 40.4 Å². The lowest BCUT2D eigenvalue weighted by Gasteiger charge is -2.54. The van der Waals surface area contributed by atoms with Crippen LogP contribution in [0.3, 0.4) is 0 Å². The molecule has 7 fully saturated rings. The summed E-state index contributed by atoms with van der Waals surface area (Å²) in [6.45, 7) is -2.54. The SMILES string of the molecule is CCCCCCCCCCCCC/C=C/C(O)C(COC1OC(CO)C(OC2OC(CO)C(OC3OC(CO)C(O)C(OC4OC(CO)C(O)C(OC5(C(=O)[O-])CC(O)C(NC(C)=O)C(C(O)C(O)CO)O5)C4O)C3NC(C)=O)C(OC3(C(=O)[O-])CC(O)C(NC(C)=O)C(C(O)C(CO)OC4(C(=O)[O-])CC(O)C(NC(C)=O)C(C(O)C(O)CO)O4)O3)C2O)C(O)C1O)NC(=O)CCCCCCCCCCCCCCCCC.[NH4+].[NH4+].[NH4+]. The second-order valence-corrected chi connectivity index (χ2v) is 39.2. The van der Waals surface area contributed by atoms with Crippen molar-refractivity contribution in [3.05, 3.63) is 12.2 Å². The highest BCUT2D eigenvalue weighted by molar-refractivity contribution is 5.78. The van der Waals surface area contributed by atoms with Gasteiger partial charge in [0.05, 0.1) is 101 Å². The Balaban J connectivity index is 0.0000156. The molecular weight excluding hydrogens is 2010 g/mol. The molecule has 150 heavy (non-hydrogen) atoms. The van der Waals surface area contributed by atoms with Crippen molar-refractivity contribution < 1.29 is 232 Å². The zero-order chi connectivity index (χ0) is 109. The summed E-state index contributed by atoms with van der Waals surface area (Å²) in [6, 6.07) is -9.53. The minimum Gasteiger partial charge on any atom is -0.544 e. The first-order valence-electron chi connectivity index (χ1n) is 51.3. The fourth-order valence-corrected chi connectivity index (χ4v) is 19.5. The summed E-state index contributed by atoms with van der Waals surface area (Å²) < 4.78 is 84.0. The average molecular weight is 2180 g/mol. The number of carboxylic acids is 3. The first-order valence-corrected chi connectivity index (χ1v) is 51.3. The van der Waals surface area contributed by atoms with Crippen molar-refractivity contribution in [2.45, 2.75) is 484 Å². The summed E-state index contributed by atoms with van der Waals surface area (Å²) in [6.07, 6.45) is -49.5. The van der Waals surface area contributed by atoms with Crippen molar-refractivity contribution in [2.24, 2.45) is 0 Å². The maximum absolute atomic E-state index is 14.5. The number of carboxylic acid groups (broad SMARTS) is 3. The molecule has 0 saturated carbocycles. The summed E-state index contributed by atoms with van der Waals surface area (Å²) in [7, 11) is 0. The monoisotopic (exact) mass is 2180 g/mol. The van der Waals surface area contributed by atoms with Crippen LogP contribution in [-0.4, -0.2) is 456 Å². The first-order chi connectivity index (χ1) is 69.9. The lowest BCUT2D eigenvalue weighted by atomic mass is 9.87. The van der Waals surface area contributed by atoms with Crippen LogP contribution in [0.1, 0.15) is 241 Å². The molecule has 0 aromatic carbocycles. The molecule has 55 nitrogen and oxygen atoms in total. The largest absolute Gasteiger partial charge is 0.544 e. The summed E-state index contributed by atoms with van der Waals surface area (Å²) in [4.78, 5) is 107. The lowest BCUT2D eigenvalue weighted by Crippen LogP contribution is -2.74. The molecule has 0 spiro atoms. The number of quaternary nitrogens is 3. The van der Waals surface area contributed by atoms with Gasteiger partial charge in [-0.3, -0.25) is 24.0 Å². The van der Waals surface area contributed by atoms with Gasteiger partial charge in [0.1, 0.15) is 170 Å². The van der Waals surface area contributed by atoms with E-state index in [1.54, 1.807) is 6.08 Å². The number of carbonyl (C=O) groups excluding carboxylic acids is 8. The molecule has 876 valence electrons. The fraction of sp³-hybridized carbons (Fsp3) is 0.895. The van der Waals surface area contributed by atoms with Crippen LogP contribution in [0.15, 0.2) is 12.2 Å². The fourth-order valence-electron chi connectivity index (χ4n) is 19.5. The number of nitrogens with one attached hydrogen (secondary N) is 5. The van der Waals surface area contributed by atoms with Crippen LogP contribution in [0.25, 0.3) is 0 Å². The van der Waals surface area contributed by atoms with Gasteiger partial charge in [0.15, 0.2) is 25.2 Å². The molecule has 40 unspecified atom stereocenters. The molecule has 55 heteroatoms. The maximum Gasteiger partial charge on any atom is 0.220 e. The maximum atomic E-state index is 14.5. The Morgan fingerprint density at radius 1 is 0.373 bits per heavy atom. The van der Waals surface area contributed by atoms with E-state index < -0.39 is 363 Å². The van der Waals surface area contributed by atoms with Crippen LogP contribution < -0.4 is 60.4 Å². The highest BCUT2D eigenvalue weighted by Crippen LogP contribution is 2.45.